The standard InChI is InChI=1S/C26H31NO4/c1-17-24(25(28)27-20-11-9-19(10-12-20)26(2,3)29)22-15-21(13-14-23(22)31-17)30-16-18-7-5-4-6-8-18/h4-8,13-15,19-20,29H,9-12,16H2,1-3H3,(H,27,28)/t19-,20-. The maximum atomic E-state index is 13.1. The molecule has 0 saturated heterocycles. The third-order valence-electron chi connectivity index (χ3n) is 6.37. The number of furan rings is 1. The van der Waals surface area contributed by atoms with Gasteiger partial charge >= 0.3 is 0 Å². The van der Waals surface area contributed by atoms with Crippen LogP contribution in [0.1, 0.15) is 61.2 Å². The lowest BCUT2D eigenvalue weighted by molar-refractivity contribution is -0.00257. The molecule has 0 aliphatic heterocycles. The molecule has 164 valence electrons. The number of fused-ring (bicyclic) bond motifs is 1. The molecule has 5 heteroatoms. The Kier molecular flexibility index (Phi) is 6.05. The number of benzene rings is 2. The van der Waals surface area contributed by atoms with Crippen LogP contribution < -0.4 is 10.1 Å². The Hall–Kier alpha value is -2.79. The first kappa shape index (κ1) is 21.4. The quantitative estimate of drug-likeness (QED) is 0.561. The summed E-state index contributed by atoms with van der Waals surface area (Å²) < 4.78 is 11.8. The van der Waals surface area contributed by atoms with E-state index in [0.29, 0.717) is 29.3 Å². The smallest absolute Gasteiger partial charge is 0.255 e. The average Bonchev–Trinajstić information content (AvgIpc) is 3.08. The van der Waals surface area contributed by atoms with Gasteiger partial charge in [-0.25, -0.2) is 0 Å². The highest BCUT2D eigenvalue weighted by Crippen LogP contribution is 2.33. The number of aliphatic hydroxyl groups is 1. The molecule has 1 aromatic heterocycles. The third kappa shape index (κ3) is 4.93. The number of carbonyl (C=O) groups excluding carboxylic acids is 1. The van der Waals surface area contributed by atoms with Crippen molar-refractivity contribution in [1.29, 1.82) is 0 Å². The summed E-state index contributed by atoms with van der Waals surface area (Å²) in [5.41, 5.74) is 1.68. The molecular weight excluding hydrogens is 390 g/mol. The second kappa shape index (κ2) is 8.75. The van der Waals surface area contributed by atoms with Crippen molar-refractivity contribution in [3.63, 3.8) is 0 Å². The van der Waals surface area contributed by atoms with Gasteiger partial charge in [0.15, 0.2) is 0 Å². The Bertz CT molecular complexity index is 1040. The van der Waals surface area contributed by atoms with Crippen LogP contribution in [0.4, 0.5) is 0 Å². The van der Waals surface area contributed by atoms with Crippen LogP contribution >= 0.6 is 0 Å². The van der Waals surface area contributed by atoms with Crippen LogP contribution in [0.15, 0.2) is 52.9 Å². The minimum absolute atomic E-state index is 0.108. The van der Waals surface area contributed by atoms with E-state index in [4.69, 9.17) is 9.15 Å². The summed E-state index contributed by atoms with van der Waals surface area (Å²) in [7, 11) is 0. The van der Waals surface area contributed by atoms with E-state index in [1.165, 1.54) is 0 Å². The van der Waals surface area contributed by atoms with Gasteiger partial charge in [-0.3, -0.25) is 4.79 Å². The lowest BCUT2D eigenvalue weighted by atomic mass is 9.77. The van der Waals surface area contributed by atoms with E-state index in [1.807, 2.05) is 69.3 Å². The molecule has 1 aliphatic rings. The lowest BCUT2D eigenvalue weighted by Crippen LogP contribution is -2.41. The molecule has 3 aromatic rings. The molecule has 2 aromatic carbocycles. The summed E-state index contributed by atoms with van der Waals surface area (Å²) in [6, 6.07) is 15.7. The van der Waals surface area contributed by atoms with Gasteiger partial charge in [0.1, 0.15) is 23.7 Å². The summed E-state index contributed by atoms with van der Waals surface area (Å²) in [5.74, 6) is 1.49. The zero-order valence-corrected chi connectivity index (χ0v) is 18.5. The zero-order chi connectivity index (χ0) is 22.0. The highest BCUT2D eigenvalue weighted by atomic mass is 16.5. The SMILES string of the molecule is Cc1oc2ccc(OCc3ccccc3)cc2c1C(=O)N[C@H]1CC[C@H](C(C)(C)O)CC1. The Morgan fingerprint density at radius 1 is 1.13 bits per heavy atom. The molecule has 1 aliphatic carbocycles. The van der Waals surface area contributed by atoms with E-state index < -0.39 is 5.60 Å². The summed E-state index contributed by atoms with van der Waals surface area (Å²) in [4.78, 5) is 13.1. The molecule has 1 heterocycles. The van der Waals surface area contributed by atoms with Gasteiger partial charge in [0.25, 0.3) is 5.91 Å². The van der Waals surface area contributed by atoms with Gasteiger partial charge in [-0.05, 0) is 76.1 Å². The molecule has 1 saturated carbocycles. The van der Waals surface area contributed by atoms with Crippen LogP contribution in [0.5, 0.6) is 5.75 Å². The summed E-state index contributed by atoms with van der Waals surface area (Å²) in [5, 5.41) is 14.2. The highest BCUT2D eigenvalue weighted by Gasteiger charge is 2.32. The Morgan fingerprint density at radius 3 is 2.52 bits per heavy atom. The van der Waals surface area contributed by atoms with Crippen LogP contribution in [0.25, 0.3) is 11.0 Å². The van der Waals surface area contributed by atoms with Gasteiger partial charge in [-0.1, -0.05) is 30.3 Å². The molecule has 31 heavy (non-hydrogen) atoms. The van der Waals surface area contributed by atoms with Crippen LogP contribution in [0.3, 0.4) is 0 Å². The molecule has 0 atom stereocenters. The van der Waals surface area contributed by atoms with Crippen LogP contribution in [0.2, 0.25) is 0 Å². The molecule has 0 bridgehead atoms. The average molecular weight is 422 g/mol. The predicted octanol–water partition coefficient (Wildman–Crippen LogP) is 5.38. The van der Waals surface area contributed by atoms with Crippen molar-refractivity contribution in [3.05, 3.63) is 65.4 Å². The third-order valence-corrected chi connectivity index (χ3v) is 6.37. The first-order chi connectivity index (χ1) is 14.8. The second-order valence-electron chi connectivity index (χ2n) is 9.14. The van der Waals surface area contributed by atoms with Crippen molar-refractivity contribution >= 4 is 16.9 Å². The normalized spacial score (nSPS) is 19.4. The molecular formula is C26H31NO4. The number of hydrogen-bond acceptors (Lipinski definition) is 4. The van der Waals surface area contributed by atoms with Crippen molar-refractivity contribution in [2.45, 2.75) is 64.7 Å². The topological polar surface area (TPSA) is 71.7 Å². The van der Waals surface area contributed by atoms with Gasteiger partial charge in [0.2, 0.25) is 0 Å². The number of hydrogen-bond donors (Lipinski definition) is 2. The van der Waals surface area contributed by atoms with Crippen LogP contribution in [-0.2, 0) is 6.61 Å². The summed E-state index contributed by atoms with van der Waals surface area (Å²) >= 11 is 0. The monoisotopic (exact) mass is 421 g/mol. The van der Waals surface area contributed by atoms with Crippen LogP contribution in [-0.4, -0.2) is 22.7 Å². The van der Waals surface area contributed by atoms with Crippen molar-refractivity contribution in [2.24, 2.45) is 5.92 Å². The number of carbonyl (C=O) groups is 1. The maximum absolute atomic E-state index is 13.1. The van der Waals surface area contributed by atoms with Gasteiger partial charge in [-0.15, -0.1) is 0 Å². The molecule has 1 fully saturated rings. The fourth-order valence-corrected chi connectivity index (χ4v) is 4.51. The van der Waals surface area contributed by atoms with Crippen molar-refractivity contribution in [3.8, 4) is 5.75 Å². The molecule has 4 rings (SSSR count). The first-order valence-corrected chi connectivity index (χ1v) is 11.0. The number of rotatable bonds is 6. The summed E-state index contributed by atoms with van der Waals surface area (Å²) in [6.45, 7) is 6.03. The van der Waals surface area contributed by atoms with Gasteiger partial charge in [0.05, 0.1) is 11.2 Å². The molecule has 1 amide bonds. The van der Waals surface area contributed by atoms with Gasteiger partial charge in [-0.2, -0.15) is 0 Å². The second-order valence-corrected chi connectivity index (χ2v) is 9.14. The number of amides is 1. The highest BCUT2D eigenvalue weighted by molar-refractivity contribution is 6.07. The largest absolute Gasteiger partial charge is 0.489 e. The molecule has 5 nitrogen and oxygen atoms in total. The van der Waals surface area contributed by atoms with E-state index in [-0.39, 0.29) is 17.9 Å². The number of nitrogens with one attached hydrogen (secondary N) is 1. The van der Waals surface area contributed by atoms with Gasteiger partial charge in [0, 0.05) is 11.4 Å². The molecule has 0 spiro atoms. The summed E-state index contributed by atoms with van der Waals surface area (Å²) in [6.07, 6.45) is 3.58. The van der Waals surface area contributed by atoms with Gasteiger partial charge < -0.3 is 19.6 Å². The van der Waals surface area contributed by atoms with Crippen molar-refractivity contribution in [1.82, 2.24) is 5.32 Å². The molecule has 0 radical (unpaired) electrons. The first-order valence-electron chi connectivity index (χ1n) is 11.0. The van der Waals surface area contributed by atoms with E-state index in [9.17, 15) is 9.90 Å². The van der Waals surface area contributed by atoms with E-state index >= 15 is 0 Å². The van der Waals surface area contributed by atoms with Crippen molar-refractivity contribution in [2.75, 3.05) is 0 Å². The fourth-order valence-electron chi connectivity index (χ4n) is 4.51. The fraction of sp³-hybridized carbons (Fsp3) is 0.423. The zero-order valence-electron chi connectivity index (χ0n) is 18.5. The Balaban J connectivity index is 1.46. The maximum Gasteiger partial charge on any atom is 0.255 e. The van der Waals surface area contributed by atoms with Crippen molar-refractivity contribution < 1.29 is 19.1 Å². The number of ether oxygens (including phenoxy) is 1. The minimum Gasteiger partial charge on any atom is -0.489 e. The lowest BCUT2D eigenvalue weighted by Gasteiger charge is -2.36. The molecule has 2 N–H and O–H groups in total. The number of aryl methyl sites for hydroxylation is 1. The Morgan fingerprint density at radius 2 is 1.84 bits per heavy atom. The molecule has 0 unspecified atom stereocenters. The van der Waals surface area contributed by atoms with E-state index in [2.05, 4.69) is 5.32 Å². The minimum atomic E-state index is -0.664. The van der Waals surface area contributed by atoms with E-state index in [0.717, 1.165) is 36.6 Å². The van der Waals surface area contributed by atoms with E-state index in [1.54, 1.807) is 0 Å². The predicted molar refractivity (Wildman–Crippen MR) is 121 cm³/mol. The van der Waals surface area contributed by atoms with Crippen LogP contribution in [0, 0.1) is 12.8 Å². The Labute approximate surface area is 183 Å².